The number of ether oxygens (including phenoxy) is 1. The molecule has 0 amide bonds. The molecule has 2 saturated carbocycles. The van der Waals surface area contributed by atoms with Gasteiger partial charge in [0.2, 0.25) is 0 Å². The van der Waals surface area contributed by atoms with E-state index in [-0.39, 0.29) is 0 Å². The first kappa shape index (κ1) is 17.3. The summed E-state index contributed by atoms with van der Waals surface area (Å²) in [4.78, 5) is 10.8. The van der Waals surface area contributed by atoms with Gasteiger partial charge in [-0.3, -0.25) is 4.99 Å². The molecule has 3 unspecified atom stereocenters. The molecule has 2 aliphatic carbocycles. The summed E-state index contributed by atoms with van der Waals surface area (Å²) in [6.45, 7) is 8.97. The highest BCUT2D eigenvalue weighted by Crippen LogP contribution is 2.62. The second kappa shape index (κ2) is 6.88. The maximum absolute atomic E-state index is 6.03. The van der Waals surface area contributed by atoms with E-state index in [2.05, 4.69) is 36.4 Å². The van der Waals surface area contributed by atoms with Gasteiger partial charge >= 0.3 is 0 Å². The normalized spacial score (nSPS) is 29.9. The first-order chi connectivity index (χ1) is 12.1. The molecule has 25 heavy (non-hydrogen) atoms. The predicted molar refractivity (Wildman–Crippen MR) is 102 cm³/mol. The van der Waals surface area contributed by atoms with Crippen LogP contribution >= 0.6 is 11.3 Å². The van der Waals surface area contributed by atoms with Crippen molar-refractivity contribution in [1.82, 2.24) is 15.6 Å². The molecule has 0 bridgehead atoms. The minimum Gasteiger partial charge on any atom is -0.377 e. The fourth-order valence-corrected chi connectivity index (χ4v) is 5.76. The van der Waals surface area contributed by atoms with Crippen LogP contribution in [0.3, 0.4) is 0 Å². The van der Waals surface area contributed by atoms with Gasteiger partial charge in [0.25, 0.3) is 0 Å². The van der Waals surface area contributed by atoms with Gasteiger partial charge in [-0.15, -0.1) is 11.3 Å². The molecule has 0 radical (unpaired) electrons. The molecule has 1 spiro atoms. The predicted octanol–water partition coefficient (Wildman–Crippen LogP) is 2.82. The molecule has 1 saturated heterocycles. The summed E-state index contributed by atoms with van der Waals surface area (Å²) in [5.41, 5.74) is 1.55. The summed E-state index contributed by atoms with van der Waals surface area (Å²) in [7, 11) is 0. The van der Waals surface area contributed by atoms with Crippen LogP contribution in [0.4, 0.5) is 0 Å². The van der Waals surface area contributed by atoms with Gasteiger partial charge in [0.05, 0.1) is 16.8 Å². The highest BCUT2D eigenvalue weighted by atomic mass is 32.1. The molecule has 3 fully saturated rings. The van der Waals surface area contributed by atoms with Crippen LogP contribution in [-0.4, -0.2) is 42.8 Å². The van der Waals surface area contributed by atoms with Gasteiger partial charge in [-0.2, -0.15) is 0 Å². The van der Waals surface area contributed by atoms with E-state index in [4.69, 9.17) is 9.73 Å². The van der Waals surface area contributed by atoms with Gasteiger partial charge in [0.1, 0.15) is 0 Å². The number of nitrogens with one attached hydrogen (secondary N) is 2. The molecule has 1 aliphatic heterocycles. The number of aromatic nitrogens is 1. The number of guanidine groups is 1. The summed E-state index contributed by atoms with van der Waals surface area (Å²) in [6, 6.07) is 0.538. The number of thiazole rings is 1. The summed E-state index contributed by atoms with van der Waals surface area (Å²) >= 11 is 1.80. The van der Waals surface area contributed by atoms with Gasteiger partial charge in [0, 0.05) is 48.4 Å². The lowest BCUT2D eigenvalue weighted by Crippen LogP contribution is -2.72. The minimum atomic E-state index is 0.390. The van der Waals surface area contributed by atoms with Crippen molar-refractivity contribution in [1.29, 1.82) is 0 Å². The van der Waals surface area contributed by atoms with Crippen molar-refractivity contribution in [3.63, 3.8) is 0 Å². The van der Waals surface area contributed by atoms with Gasteiger partial charge < -0.3 is 15.4 Å². The van der Waals surface area contributed by atoms with E-state index in [0.29, 0.717) is 23.5 Å². The first-order valence-corrected chi connectivity index (χ1v) is 10.5. The molecule has 2 heterocycles. The van der Waals surface area contributed by atoms with Crippen LogP contribution in [0.25, 0.3) is 0 Å². The van der Waals surface area contributed by atoms with Crippen LogP contribution in [-0.2, 0) is 11.2 Å². The Bertz CT molecular complexity index is 632. The minimum absolute atomic E-state index is 0.390. The zero-order chi connectivity index (χ0) is 17.4. The maximum atomic E-state index is 6.03. The summed E-state index contributed by atoms with van der Waals surface area (Å²) in [5.74, 6) is 1.64. The van der Waals surface area contributed by atoms with Crippen molar-refractivity contribution in [2.45, 2.75) is 65.0 Å². The molecule has 2 N–H and O–H groups in total. The molecule has 3 aliphatic rings. The molecule has 3 atom stereocenters. The van der Waals surface area contributed by atoms with Crippen LogP contribution in [0, 0.1) is 25.2 Å². The van der Waals surface area contributed by atoms with E-state index in [1.165, 1.54) is 35.6 Å². The fraction of sp³-hybridized carbons (Fsp3) is 0.789. The Balaban J connectivity index is 1.39. The zero-order valence-corrected chi connectivity index (χ0v) is 16.4. The largest absolute Gasteiger partial charge is 0.377 e. The molecule has 1 aromatic rings. The van der Waals surface area contributed by atoms with Gasteiger partial charge in [-0.1, -0.05) is 6.42 Å². The van der Waals surface area contributed by atoms with Gasteiger partial charge in [0.15, 0.2) is 5.96 Å². The Kier molecular flexibility index (Phi) is 4.75. The first-order valence-electron chi connectivity index (χ1n) is 9.73. The molecule has 5 nitrogen and oxygen atoms in total. The number of nitrogens with zero attached hydrogens (tertiary/aromatic N) is 2. The van der Waals surface area contributed by atoms with E-state index in [9.17, 15) is 0 Å². The standard InChI is InChI=1S/C19H30N4OS/c1-4-20-18(21-10-6-15-22-12(2)13(3)25-15)23-16-14-7-11-24-17(14)19(16)8-5-9-19/h14,16-17H,4-11H2,1-3H3,(H2,20,21,23). The average Bonchev–Trinajstić information content (AvgIpc) is 3.08. The summed E-state index contributed by atoms with van der Waals surface area (Å²) < 4.78 is 6.03. The zero-order valence-electron chi connectivity index (χ0n) is 15.6. The number of aryl methyl sites for hydroxylation is 2. The third-order valence-corrected chi connectivity index (χ3v) is 7.47. The van der Waals surface area contributed by atoms with E-state index < -0.39 is 0 Å². The van der Waals surface area contributed by atoms with E-state index in [1.54, 1.807) is 11.3 Å². The van der Waals surface area contributed by atoms with Gasteiger partial charge in [-0.25, -0.2) is 4.98 Å². The number of hydrogen-bond donors (Lipinski definition) is 2. The Morgan fingerprint density at radius 2 is 2.24 bits per heavy atom. The van der Waals surface area contributed by atoms with Crippen LogP contribution in [0.5, 0.6) is 0 Å². The number of hydrogen-bond acceptors (Lipinski definition) is 4. The lowest BCUT2D eigenvalue weighted by Gasteiger charge is -2.63. The van der Waals surface area contributed by atoms with Crippen molar-refractivity contribution in [2.24, 2.45) is 16.3 Å². The third kappa shape index (κ3) is 2.97. The molecule has 6 heteroatoms. The monoisotopic (exact) mass is 362 g/mol. The van der Waals surface area contributed by atoms with Crippen LogP contribution < -0.4 is 10.6 Å². The molecule has 0 aromatic carbocycles. The fourth-order valence-electron chi connectivity index (χ4n) is 4.83. The van der Waals surface area contributed by atoms with Crippen molar-refractivity contribution >= 4 is 17.3 Å². The molecule has 1 aromatic heterocycles. The van der Waals surface area contributed by atoms with Crippen molar-refractivity contribution in [3.05, 3.63) is 15.6 Å². The van der Waals surface area contributed by atoms with Crippen molar-refractivity contribution < 1.29 is 4.74 Å². The van der Waals surface area contributed by atoms with E-state index in [0.717, 1.165) is 37.8 Å². The molecule has 138 valence electrons. The molecule has 4 rings (SSSR count). The topological polar surface area (TPSA) is 58.5 Å². The summed E-state index contributed by atoms with van der Waals surface area (Å²) in [5, 5.41) is 8.39. The average molecular weight is 363 g/mol. The van der Waals surface area contributed by atoms with Gasteiger partial charge in [-0.05, 0) is 40.0 Å². The Hall–Kier alpha value is -1.14. The second-order valence-electron chi connectivity index (χ2n) is 7.71. The highest BCUT2D eigenvalue weighted by Gasteiger charge is 2.66. The number of aliphatic imine (C=N–C) groups is 1. The third-order valence-electron chi connectivity index (χ3n) is 6.34. The SMILES string of the molecule is CCNC(=NCCc1nc(C)c(C)s1)NC1C2CCOC2C12CCC2. The van der Waals surface area contributed by atoms with Crippen LogP contribution in [0.15, 0.2) is 4.99 Å². The van der Waals surface area contributed by atoms with Crippen molar-refractivity contribution in [2.75, 3.05) is 19.7 Å². The lowest BCUT2D eigenvalue weighted by molar-refractivity contribution is -0.171. The molecular formula is C19H30N4OS. The smallest absolute Gasteiger partial charge is 0.191 e. The Morgan fingerprint density at radius 3 is 2.88 bits per heavy atom. The highest BCUT2D eigenvalue weighted by molar-refractivity contribution is 7.11. The summed E-state index contributed by atoms with van der Waals surface area (Å²) in [6.07, 6.45) is 6.58. The Morgan fingerprint density at radius 1 is 1.40 bits per heavy atom. The van der Waals surface area contributed by atoms with Crippen molar-refractivity contribution in [3.8, 4) is 0 Å². The number of rotatable bonds is 5. The maximum Gasteiger partial charge on any atom is 0.191 e. The second-order valence-corrected chi connectivity index (χ2v) is 9.00. The van der Waals surface area contributed by atoms with E-state index >= 15 is 0 Å². The number of fused-ring (bicyclic) bond motifs is 2. The van der Waals surface area contributed by atoms with E-state index in [1.807, 2.05) is 0 Å². The quantitative estimate of drug-likeness (QED) is 0.625. The van der Waals surface area contributed by atoms with Crippen LogP contribution in [0.2, 0.25) is 0 Å². The molecular weight excluding hydrogens is 332 g/mol. The van der Waals surface area contributed by atoms with Crippen LogP contribution in [0.1, 0.15) is 48.2 Å². The Labute approximate surface area is 154 Å². The lowest BCUT2D eigenvalue weighted by atomic mass is 9.46.